The zero-order valence-electron chi connectivity index (χ0n) is 18.7. The number of aromatic nitrogens is 1. The van der Waals surface area contributed by atoms with Crippen LogP contribution in [0.15, 0.2) is 29.2 Å². The average Bonchev–Trinajstić information content (AvgIpc) is 2.69. The highest BCUT2D eigenvalue weighted by Gasteiger charge is 2.41. The van der Waals surface area contributed by atoms with Crippen LogP contribution in [-0.2, 0) is 17.8 Å². The van der Waals surface area contributed by atoms with Crippen molar-refractivity contribution in [3.8, 4) is 5.75 Å². The number of carbonyl (C=O) groups is 2. The summed E-state index contributed by atoms with van der Waals surface area (Å²) in [6.45, 7) is -1.27. The summed E-state index contributed by atoms with van der Waals surface area (Å²) < 4.78 is 58.1. The molecule has 3 heterocycles. The quantitative estimate of drug-likeness (QED) is 0.778. The molecule has 158 valence electrons. The number of hydrogen-bond acceptors (Lipinski definition) is 5. The molecule has 0 unspecified atom stereocenters. The Hall–Kier alpha value is -3.27. The van der Waals surface area contributed by atoms with Gasteiger partial charge < -0.3 is 24.6 Å². The van der Waals surface area contributed by atoms with E-state index >= 15 is 0 Å². The lowest BCUT2D eigenvalue weighted by molar-refractivity contribution is -0.112. The second-order valence-electron chi connectivity index (χ2n) is 6.96. The van der Waals surface area contributed by atoms with Gasteiger partial charge in [0, 0.05) is 30.4 Å². The SMILES string of the molecule is [2H]C([2H])(NC(=O)c1cn2c(c(O)c1=O)C(=O)N1[C@H](C)CCO[C@@]1([2H])C2)c1ccc(F)cc1F. The zero-order chi connectivity index (χ0) is 24.3. The molecular formula is C20H19F2N3O5. The molecule has 0 aliphatic carbocycles. The molecule has 30 heavy (non-hydrogen) atoms. The van der Waals surface area contributed by atoms with Gasteiger partial charge >= 0.3 is 0 Å². The molecule has 0 spiro atoms. The lowest BCUT2D eigenvalue weighted by Gasteiger charge is -2.44. The highest BCUT2D eigenvalue weighted by molar-refractivity contribution is 5.99. The summed E-state index contributed by atoms with van der Waals surface area (Å²) in [5, 5.41) is 12.3. The highest BCUT2D eigenvalue weighted by Crippen LogP contribution is 2.29. The van der Waals surface area contributed by atoms with Gasteiger partial charge in [-0.2, -0.15) is 0 Å². The number of pyridine rings is 1. The molecule has 0 radical (unpaired) electrons. The minimum Gasteiger partial charge on any atom is -0.503 e. The van der Waals surface area contributed by atoms with Crippen LogP contribution in [0.5, 0.6) is 5.75 Å². The molecule has 2 N–H and O–H groups in total. The van der Waals surface area contributed by atoms with Crippen LogP contribution in [0.2, 0.25) is 0 Å². The second-order valence-corrected chi connectivity index (χ2v) is 6.96. The predicted octanol–water partition coefficient (Wildman–Crippen LogP) is 1.35. The van der Waals surface area contributed by atoms with E-state index in [2.05, 4.69) is 0 Å². The Morgan fingerprint density at radius 3 is 2.93 bits per heavy atom. The van der Waals surface area contributed by atoms with Crippen LogP contribution in [0.25, 0.3) is 0 Å². The number of amides is 2. The Balaban J connectivity index is 1.73. The molecule has 4 rings (SSSR count). The Bertz CT molecular complexity index is 1240. The molecule has 10 heteroatoms. The van der Waals surface area contributed by atoms with E-state index in [0.29, 0.717) is 12.5 Å². The number of nitrogens with one attached hydrogen (secondary N) is 1. The van der Waals surface area contributed by atoms with Crippen molar-refractivity contribution in [3.63, 3.8) is 0 Å². The first kappa shape index (κ1) is 16.5. The van der Waals surface area contributed by atoms with Gasteiger partial charge in [0.15, 0.2) is 17.6 Å². The number of nitrogens with zero attached hydrogens (tertiary/aromatic N) is 2. The third kappa shape index (κ3) is 3.32. The standard InChI is InChI=1S/C20H19F2N3O5/c1-10-4-5-30-15-9-24-8-13(17(26)18(27)16(24)20(29)25(10)15)19(28)23-7-11-2-3-12(21)6-14(11)22/h2-3,6,8,10,15,27H,4-5,7,9H2,1H3,(H,23,28)/t10-,15+/m1/s1/i7D2,15D. The van der Waals surface area contributed by atoms with E-state index < -0.39 is 70.2 Å². The van der Waals surface area contributed by atoms with E-state index in [-0.39, 0.29) is 13.2 Å². The van der Waals surface area contributed by atoms with Crippen LogP contribution in [0.1, 0.15) is 43.9 Å². The number of ether oxygens (including phenoxy) is 1. The topological polar surface area (TPSA) is 101 Å². The summed E-state index contributed by atoms with van der Waals surface area (Å²) in [5.74, 6) is -5.38. The largest absolute Gasteiger partial charge is 0.503 e. The Morgan fingerprint density at radius 2 is 2.20 bits per heavy atom. The van der Waals surface area contributed by atoms with Crippen molar-refractivity contribution >= 4 is 11.8 Å². The molecule has 1 saturated heterocycles. The van der Waals surface area contributed by atoms with Crippen LogP contribution >= 0.6 is 0 Å². The summed E-state index contributed by atoms with van der Waals surface area (Å²) in [6, 6.07) is 1.65. The first-order valence-corrected chi connectivity index (χ1v) is 9.08. The van der Waals surface area contributed by atoms with Crippen LogP contribution in [0.4, 0.5) is 8.78 Å². The molecule has 2 atom stereocenters. The average molecular weight is 422 g/mol. The van der Waals surface area contributed by atoms with Gasteiger partial charge in [-0.1, -0.05) is 6.07 Å². The number of rotatable bonds is 3. The van der Waals surface area contributed by atoms with Gasteiger partial charge in [0.05, 0.1) is 17.3 Å². The number of carbonyl (C=O) groups excluding carboxylic acids is 2. The summed E-state index contributed by atoms with van der Waals surface area (Å²) in [4.78, 5) is 39.5. The number of fused-ring (bicyclic) bond motifs is 2. The predicted molar refractivity (Wildman–Crippen MR) is 99.9 cm³/mol. The van der Waals surface area contributed by atoms with Crippen LogP contribution in [0.3, 0.4) is 0 Å². The van der Waals surface area contributed by atoms with E-state index in [1.165, 1.54) is 0 Å². The molecule has 2 amide bonds. The van der Waals surface area contributed by atoms with Crippen molar-refractivity contribution in [1.29, 1.82) is 0 Å². The molecule has 0 bridgehead atoms. The molecule has 2 aliphatic rings. The van der Waals surface area contributed by atoms with Crippen LogP contribution < -0.4 is 10.7 Å². The van der Waals surface area contributed by atoms with Gasteiger partial charge in [0.25, 0.3) is 11.8 Å². The third-order valence-corrected chi connectivity index (χ3v) is 4.98. The maximum Gasteiger partial charge on any atom is 0.276 e. The maximum absolute atomic E-state index is 14.0. The molecule has 1 aromatic heterocycles. The van der Waals surface area contributed by atoms with Crippen molar-refractivity contribution in [1.82, 2.24) is 14.8 Å². The highest BCUT2D eigenvalue weighted by atomic mass is 19.1. The Kier molecular flexibility index (Phi) is 4.14. The van der Waals surface area contributed by atoms with Crippen molar-refractivity contribution in [3.05, 3.63) is 63.1 Å². The normalized spacial score (nSPS) is 24.9. The third-order valence-electron chi connectivity index (χ3n) is 4.98. The van der Waals surface area contributed by atoms with Gasteiger partial charge in [-0.3, -0.25) is 14.4 Å². The van der Waals surface area contributed by atoms with E-state index in [1.807, 2.05) is 5.32 Å². The minimum atomic E-state index is -2.84. The Labute approximate surface area is 173 Å². The van der Waals surface area contributed by atoms with Gasteiger partial charge in [-0.25, -0.2) is 8.78 Å². The Morgan fingerprint density at radius 1 is 1.43 bits per heavy atom. The summed E-state index contributed by atoms with van der Waals surface area (Å²) >= 11 is 0. The van der Waals surface area contributed by atoms with Gasteiger partial charge in [-0.05, 0) is 19.4 Å². The van der Waals surface area contributed by atoms with Crippen LogP contribution in [0, 0.1) is 11.6 Å². The summed E-state index contributed by atoms with van der Waals surface area (Å²) in [5.41, 5.74) is -3.09. The molecule has 0 saturated carbocycles. The van der Waals surface area contributed by atoms with Crippen molar-refractivity contribution in [2.24, 2.45) is 0 Å². The summed E-state index contributed by atoms with van der Waals surface area (Å²) in [6.07, 6.45) is -0.465. The van der Waals surface area contributed by atoms with E-state index in [4.69, 9.17) is 8.85 Å². The first-order valence-electron chi connectivity index (χ1n) is 10.6. The molecule has 2 aliphatic heterocycles. The first-order chi connectivity index (χ1) is 15.4. The lowest BCUT2D eigenvalue weighted by Crippen LogP contribution is -2.57. The summed E-state index contributed by atoms with van der Waals surface area (Å²) in [7, 11) is 0. The van der Waals surface area contributed by atoms with E-state index in [0.717, 1.165) is 27.8 Å². The van der Waals surface area contributed by atoms with Crippen molar-refractivity contribution < 1.29 is 32.3 Å². The van der Waals surface area contributed by atoms with Gasteiger partial charge in [-0.15, -0.1) is 0 Å². The lowest BCUT2D eigenvalue weighted by atomic mass is 10.1. The minimum absolute atomic E-state index is 0.201. The van der Waals surface area contributed by atoms with E-state index in [9.17, 15) is 28.3 Å². The number of hydrogen-bond donors (Lipinski definition) is 2. The molecule has 2 aromatic rings. The number of halogens is 2. The number of benzene rings is 1. The monoisotopic (exact) mass is 422 g/mol. The fourth-order valence-electron chi connectivity index (χ4n) is 3.43. The smallest absolute Gasteiger partial charge is 0.276 e. The maximum atomic E-state index is 14.0. The van der Waals surface area contributed by atoms with Crippen molar-refractivity contribution in [2.75, 3.05) is 6.61 Å². The molecule has 8 nitrogen and oxygen atoms in total. The molecule has 1 aromatic carbocycles. The molecular weight excluding hydrogens is 400 g/mol. The van der Waals surface area contributed by atoms with Crippen LogP contribution in [-0.4, -0.2) is 45.2 Å². The van der Waals surface area contributed by atoms with E-state index in [1.54, 1.807) is 6.92 Å². The number of aromatic hydroxyl groups is 1. The van der Waals surface area contributed by atoms with Gasteiger partial charge in [0.1, 0.15) is 17.2 Å². The fraction of sp³-hybridized carbons (Fsp3) is 0.350. The van der Waals surface area contributed by atoms with Crippen molar-refractivity contribution in [2.45, 2.75) is 38.6 Å². The molecule has 1 fully saturated rings. The zero-order valence-corrected chi connectivity index (χ0v) is 15.7. The second kappa shape index (κ2) is 7.52. The fourth-order valence-corrected chi connectivity index (χ4v) is 3.43. The van der Waals surface area contributed by atoms with Gasteiger partial charge in [0.2, 0.25) is 5.43 Å².